The minimum absolute atomic E-state index is 0.133. The van der Waals surface area contributed by atoms with Crippen LogP contribution in [0.3, 0.4) is 0 Å². The fourth-order valence-corrected chi connectivity index (χ4v) is 4.14. The number of hydrogen-bond acceptors (Lipinski definition) is 4. The highest BCUT2D eigenvalue weighted by molar-refractivity contribution is 8.00. The molecule has 1 unspecified atom stereocenters. The second-order valence-corrected chi connectivity index (χ2v) is 8.83. The maximum Gasteiger partial charge on any atom is 0.237 e. The number of nitrogens with zero attached hydrogens (tertiary/aromatic N) is 1. The van der Waals surface area contributed by atoms with Crippen LogP contribution in [-0.2, 0) is 9.59 Å². The molecule has 2 amide bonds. The minimum Gasteiger partial charge on any atom is -0.332 e. The predicted octanol–water partition coefficient (Wildman–Crippen LogP) is 5.82. The van der Waals surface area contributed by atoms with Gasteiger partial charge in [0.15, 0.2) is 5.16 Å². The number of imidazole rings is 1. The Hall–Kier alpha value is -3.84. The maximum absolute atomic E-state index is 12.8. The minimum atomic E-state index is -0.376. The Morgan fingerprint density at radius 3 is 1.94 bits per heavy atom. The summed E-state index contributed by atoms with van der Waals surface area (Å²) in [5, 5.41) is 5.92. The van der Waals surface area contributed by atoms with Crippen LogP contribution in [0.15, 0.2) is 90.1 Å². The Labute approximate surface area is 196 Å². The lowest BCUT2D eigenvalue weighted by Gasteiger charge is -2.11. The van der Waals surface area contributed by atoms with E-state index in [0.29, 0.717) is 16.5 Å². The van der Waals surface area contributed by atoms with Gasteiger partial charge in [0.05, 0.1) is 16.6 Å². The summed E-state index contributed by atoms with van der Waals surface area (Å²) in [5.41, 5.74) is 5.16. The molecule has 4 aromatic rings. The number of H-pyrrole nitrogens is 1. The first-order valence-electron chi connectivity index (χ1n) is 10.6. The maximum atomic E-state index is 12.8. The smallest absolute Gasteiger partial charge is 0.237 e. The number of rotatable bonds is 7. The van der Waals surface area contributed by atoms with Gasteiger partial charge in [-0.05, 0) is 31.2 Å². The average molecular weight is 457 g/mol. The summed E-state index contributed by atoms with van der Waals surface area (Å²) in [4.78, 5) is 32.1. The summed E-state index contributed by atoms with van der Waals surface area (Å²) in [7, 11) is 0. The lowest BCUT2D eigenvalue weighted by Crippen LogP contribution is -2.22. The van der Waals surface area contributed by atoms with Gasteiger partial charge < -0.3 is 15.6 Å². The number of carbonyl (C=O) groups excluding carboxylic acids is 2. The highest BCUT2D eigenvalue weighted by Crippen LogP contribution is 2.33. The zero-order valence-electron chi connectivity index (χ0n) is 18.3. The van der Waals surface area contributed by atoms with Crippen molar-refractivity contribution >= 4 is 35.0 Å². The highest BCUT2D eigenvalue weighted by atomic mass is 32.2. The fraction of sp³-hybridized carbons (Fsp3) is 0.115. The number of carbonyl (C=O) groups is 2. The first-order valence-corrected chi connectivity index (χ1v) is 11.4. The summed E-state index contributed by atoms with van der Waals surface area (Å²) in [6.07, 6.45) is 0. The van der Waals surface area contributed by atoms with E-state index >= 15 is 0 Å². The molecule has 33 heavy (non-hydrogen) atoms. The van der Waals surface area contributed by atoms with Crippen molar-refractivity contribution in [3.63, 3.8) is 0 Å². The third kappa shape index (κ3) is 5.70. The fourth-order valence-electron chi connectivity index (χ4n) is 3.33. The monoisotopic (exact) mass is 456 g/mol. The molecular formula is C26H24N4O2S. The number of hydrogen-bond donors (Lipinski definition) is 3. The molecule has 3 N–H and O–H groups in total. The molecule has 0 aliphatic heterocycles. The molecule has 0 fully saturated rings. The molecule has 166 valence electrons. The van der Waals surface area contributed by atoms with Crippen molar-refractivity contribution in [2.45, 2.75) is 24.3 Å². The Morgan fingerprint density at radius 1 is 0.818 bits per heavy atom. The van der Waals surface area contributed by atoms with Gasteiger partial charge in [0, 0.05) is 29.4 Å². The van der Waals surface area contributed by atoms with Crippen LogP contribution < -0.4 is 10.6 Å². The van der Waals surface area contributed by atoms with E-state index in [1.54, 1.807) is 24.3 Å². The average Bonchev–Trinajstić information content (AvgIpc) is 3.25. The third-order valence-electron chi connectivity index (χ3n) is 4.92. The van der Waals surface area contributed by atoms with Gasteiger partial charge in [-0.3, -0.25) is 9.59 Å². The van der Waals surface area contributed by atoms with Crippen LogP contribution in [0.2, 0.25) is 0 Å². The van der Waals surface area contributed by atoms with Gasteiger partial charge in [0.2, 0.25) is 11.8 Å². The zero-order chi connectivity index (χ0) is 23.2. The van der Waals surface area contributed by atoms with Crippen molar-refractivity contribution in [1.29, 1.82) is 0 Å². The van der Waals surface area contributed by atoms with Crippen LogP contribution in [0.25, 0.3) is 22.5 Å². The Kier molecular flexibility index (Phi) is 6.90. The second-order valence-electron chi connectivity index (χ2n) is 7.51. The van der Waals surface area contributed by atoms with Gasteiger partial charge in [-0.1, -0.05) is 72.4 Å². The molecule has 0 radical (unpaired) electrons. The van der Waals surface area contributed by atoms with E-state index in [-0.39, 0.29) is 17.1 Å². The molecule has 0 saturated heterocycles. The Morgan fingerprint density at radius 2 is 1.36 bits per heavy atom. The van der Waals surface area contributed by atoms with Crippen LogP contribution >= 0.6 is 11.8 Å². The van der Waals surface area contributed by atoms with E-state index in [1.165, 1.54) is 18.7 Å². The van der Waals surface area contributed by atoms with Crippen LogP contribution in [-0.4, -0.2) is 27.0 Å². The van der Waals surface area contributed by atoms with Crippen LogP contribution in [0.1, 0.15) is 13.8 Å². The molecular weight excluding hydrogens is 432 g/mol. The number of nitrogens with one attached hydrogen (secondary N) is 3. The molecule has 4 rings (SSSR count). The molecule has 7 heteroatoms. The lowest BCUT2D eigenvalue weighted by molar-refractivity contribution is -0.115. The highest BCUT2D eigenvalue weighted by Gasteiger charge is 2.20. The largest absolute Gasteiger partial charge is 0.332 e. The van der Waals surface area contributed by atoms with E-state index in [4.69, 9.17) is 4.98 Å². The van der Waals surface area contributed by atoms with Gasteiger partial charge in [0.1, 0.15) is 0 Å². The summed E-state index contributed by atoms with van der Waals surface area (Å²) >= 11 is 1.37. The molecule has 1 aromatic heterocycles. The SMILES string of the molecule is CC(=O)Nc1ccc(NC(=O)C(C)Sc2nc(-c3ccccc3)c(-c3ccccc3)[nH]2)cc1. The number of aromatic amines is 1. The molecule has 3 aromatic carbocycles. The Bertz CT molecular complexity index is 1180. The van der Waals surface area contributed by atoms with Crippen LogP contribution in [0, 0.1) is 0 Å². The quantitative estimate of drug-likeness (QED) is 0.306. The first-order chi connectivity index (χ1) is 16.0. The van der Waals surface area contributed by atoms with E-state index in [1.807, 2.05) is 67.6 Å². The molecule has 0 aliphatic rings. The number of thioether (sulfide) groups is 1. The number of aromatic nitrogens is 2. The molecule has 0 bridgehead atoms. The summed E-state index contributed by atoms with van der Waals surface area (Å²) in [6, 6.07) is 27.0. The topological polar surface area (TPSA) is 86.9 Å². The molecule has 0 spiro atoms. The third-order valence-corrected chi connectivity index (χ3v) is 5.91. The normalized spacial score (nSPS) is 11.6. The van der Waals surface area contributed by atoms with E-state index < -0.39 is 0 Å². The molecule has 1 atom stereocenters. The molecule has 0 aliphatic carbocycles. The summed E-state index contributed by atoms with van der Waals surface area (Å²) in [6.45, 7) is 3.30. The van der Waals surface area contributed by atoms with Crippen LogP contribution in [0.5, 0.6) is 0 Å². The standard InChI is InChI=1S/C26H24N4O2S/c1-17(25(32)28-22-15-13-21(14-16-22)27-18(2)31)33-26-29-23(19-9-5-3-6-10-19)24(30-26)20-11-7-4-8-12-20/h3-17H,1-2H3,(H,27,31)(H,28,32)(H,29,30). The Balaban J connectivity index is 1.50. The number of benzene rings is 3. The van der Waals surface area contributed by atoms with E-state index in [0.717, 1.165) is 22.5 Å². The first kappa shape index (κ1) is 22.4. The van der Waals surface area contributed by atoms with Gasteiger partial charge in [-0.15, -0.1) is 0 Å². The lowest BCUT2D eigenvalue weighted by atomic mass is 10.1. The van der Waals surface area contributed by atoms with Crippen LogP contribution in [0.4, 0.5) is 11.4 Å². The van der Waals surface area contributed by atoms with E-state index in [2.05, 4.69) is 15.6 Å². The molecule has 6 nitrogen and oxygen atoms in total. The van der Waals surface area contributed by atoms with E-state index in [9.17, 15) is 9.59 Å². The van der Waals surface area contributed by atoms with Gasteiger partial charge in [-0.2, -0.15) is 0 Å². The predicted molar refractivity (Wildman–Crippen MR) is 134 cm³/mol. The van der Waals surface area contributed by atoms with Crippen molar-refractivity contribution in [3.8, 4) is 22.5 Å². The molecule has 0 saturated carbocycles. The van der Waals surface area contributed by atoms with Crippen molar-refractivity contribution in [3.05, 3.63) is 84.9 Å². The van der Waals surface area contributed by atoms with Crippen molar-refractivity contribution in [2.75, 3.05) is 10.6 Å². The summed E-state index contributed by atoms with van der Waals surface area (Å²) in [5.74, 6) is -0.272. The van der Waals surface area contributed by atoms with Gasteiger partial charge in [-0.25, -0.2) is 4.98 Å². The van der Waals surface area contributed by atoms with Gasteiger partial charge >= 0.3 is 0 Å². The van der Waals surface area contributed by atoms with Crippen molar-refractivity contribution < 1.29 is 9.59 Å². The van der Waals surface area contributed by atoms with Crippen molar-refractivity contribution in [1.82, 2.24) is 9.97 Å². The summed E-state index contributed by atoms with van der Waals surface area (Å²) < 4.78 is 0. The zero-order valence-corrected chi connectivity index (χ0v) is 19.1. The van der Waals surface area contributed by atoms with Gasteiger partial charge in [0.25, 0.3) is 0 Å². The second kappa shape index (κ2) is 10.2. The number of anilines is 2. The molecule has 1 heterocycles. The number of amides is 2. The van der Waals surface area contributed by atoms with Crippen molar-refractivity contribution in [2.24, 2.45) is 0 Å².